The van der Waals surface area contributed by atoms with Crippen LogP contribution < -0.4 is 0 Å². The number of benzene rings is 2. The Bertz CT molecular complexity index is 810. The molecule has 0 saturated carbocycles. The van der Waals surface area contributed by atoms with E-state index in [-0.39, 0.29) is 25.1 Å². The predicted octanol–water partition coefficient (Wildman–Crippen LogP) is 3.89. The molecule has 0 bridgehead atoms. The summed E-state index contributed by atoms with van der Waals surface area (Å²) in [6.45, 7) is 2.34. The normalized spacial score (nSPS) is 20.7. The number of hydrogen-bond acceptors (Lipinski definition) is 4. The second-order valence-corrected chi connectivity index (χ2v) is 7.22. The monoisotopic (exact) mass is 387 g/mol. The first-order valence-corrected chi connectivity index (χ1v) is 9.55. The molecule has 0 aromatic heterocycles. The number of halogens is 1. The van der Waals surface area contributed by atoms with Crippen LogP contribution in [-0.4, -0.2) is 34.4 Å². The van der Waals surface area contributed by atoms with Crippen LogP contribution in [-0.2, 0) is 16.9 Å². The van der Waals surface area contributed by atoms with Crippen LogP contribution in [0, 0.1) is 5.82 Å². The molecule has 1 amide bonds. The van der Waals surface area contributed by atoms with Crippen molar-refractivity contribution in [1.82, 2.24) is 4.90 Å². The van der Waals surface area contributed by atoms with Crippen molar-refractivity contribution in [2.75, 3.05) is 13.2 Å². The molecule has 5 nitrogen and oxygen atoms in total. The lowest BCUT2D eigenvalue weighted by molar-refractivity contribution is -0.0680. The second kappa shape index (κ2) is 8.71. The van der Waals surface area contributed by atoms with E-state index in [1.165, 1.54) is 12.1 Å². The molecule has 0 radical (unpaired) electrons. The Morgan fingerprint density at radius 3 is 2.61 bits per heavy atom. The average molecular weight is 387 g/mol. The Hall–Kier alpha value is -2.44. The third-order valence-electron chi connectivity index (χ3n) is 5.47. The molecular formula is C22H26FNO4. The Morgan fingerprint density at radius 2 is 1.96 bits per heavy atom. The number of cyclic esters (lactones) is 1. The number of nitrogens with zero attached hydrogens (tertiary/aromatic N) is 1. The summed E-state index contributed by atoms with van der Waals surface area (Å²) in [4.78, 5) is 14.6. The molecule has 1 fully saturated rings. The van der Waals surface area contributed by atoms with E-state index in [9.17, 15) is 19.4 Å². The van der Waals surface area contributed by atoms with Crippen LogP contribution in [0.15, 0.2) is 48.5 Å². The smallest absolute Gasteiger partial charge is 0.411 e. The first-order valence-electron chi connectivity index (χ1n) is 9.55. The quantitative estimate of drug-likeness (QED) is 0.756. The van der Waals surface area contributed by atoms with E-state index in [4.69, 9.17) is 4.74 Å². The van der Waals surface area contributed by atoms with E-state index < -0.39 is 11.7 Å². The minimum atomic E-state index is -0.864. The number of carbonyl (C=O) groups is 1. The molecule has 2 N–H and O–H groups in total. The second-order valence-electron chi connectivity index (χ2n) is 7.22. The molecule has 1 aliphatic heterocycles. The molecule has 0 unspecified atom stereocenters. The highest BCUT2D eigenvalue weighted by molar-refractivity contribution is 5.70. The Balaban J connectivity index is 1.82. The molecule has 1 saturated heterocycles. The van der Waals surface area contributed by atoms with Gasteiger partial charge in [0, 0.05) is 19.6 Å². The summed E-state index contributed by atoms with van der Waals surface area (Å²) in [7, 11) is 0. The van der Waals surface area contributed by atoms with Crippen molar-refractivity contribution in [1.29, 1.82) is 0 Å². The molecule has 2 atom stereocenters. The van der Waals surface area contributed by atoms with Crippen LogP contribution in [0.2, 0.25) is 0 Å². The van der Waals surface area contributed by atoms with Crippen LogP contribution in [0.25, 0.3) is 0 Å². The molecule has 150 valence electrons. The van der Waals surface area contributed by atoms with Gasteiger partial charge in [-0.25, -0.2) is 9.18 Å². The lowest BCUT2D eigenvalue weighted by Gasteiger charge is -2.43. The predicted molar refractivity (Wildman–Crippen MR) is 103 cm³/mol. The Labute approximate surface area is 164 Å². The van der Waals surface area contributed by atoms with E-state index in [0.29, 0.717) is 25.8 Å². The van der Waals surface area contributed by atoms with E-state index in [0.717, 1.165) is 16.7 Å². The van der Waals surface area contributed by atoms with Crippen molar-refractivity contribution in [3.63, 3.8) is 0 Å². The minimum Gasteiger partial charge on any atom is -0.438 e. The summed E-state index contributed by atoms with van der Waals surface area (Å²) >= 11 is 0. The van der Waals surface area contributed by atoms with Gasteiger partial charge in [-0.3, -0.25) is 0 Å². The average Bonchev–Trinajstić information content (AvgIpc) is 2.72. The zero-order chi connectivity index (χ0) is 20.1. The van der Waals surface area contributed by atoms with Crippen molar-refractivity contribution in [2.45, 2.75) is 44.4 Å². The van der Waals surface area contributed by atoms with Gasteiger partial charge < -0.3 is 19.8 Å². The first-order chi connectivity index (χ1) is 13.5. The van der Waals surface area contributed by atoms with Crippen LogP contribution >= 0.6 is 0 Å². The van der Waals surface area contributed by atoms with Gasteiger partial charge in [0.05, 0.1) is 12.6 Å². The third kappa shape index (κ3) is 4.18. The maximum Gasteiger partial charge on any atom is 0.411 e. The topological polar surface area (TPSA) is 70.0 Å². The summed E-state index contributed by atoms with van der Waals surface area (Å²) in [6, 6.07) is 13.3. The molecule has 3 rings (SSSR count). The van der Waals surface area contributed by atoms with Gasteiger partial charge in [0.1, 0.15) is 11.4 Å². The largest absolute Gasteiger partial charge is 0.438 e. The molecule has 6 heteroatoms. The van der Waals surface area contributed by atoms with Crippen molar-refractivity contribution in [3.05, 3.63) is 71.0 Å². The number of carbonyl (C=O) groups excluding carboxylic acids is 1. The fourth-order valence-electron chi connectivity index (χ4n) is 3.79. The molecule has 2 aromatic carbocycles. The highest BCUT2D eigenvalue weighted by Gasteiger charge is 2.43. The number of hydrogen-bond donors (Lipinski definition) is 2. The van der Waals surface area contributed by atoms with E-state index in [1.54, 1.807) is 17.0 Å². The van der Waals surface area contributed by atoms with Gasteiger partial charge in [0.2, 0.25) is 0 Å². The van der Waals surface area contributed by atoms with Gasteiger partial charge in [-0.05, 0) is 48.6 Å². The lowest BCUT2D eigenvalue weighted by atomic mass is 9.84. The van der Waals surface area contributed by atoms with Crippen LogP contribution in [0.3, 0.4) is 0 Å². The molecule has 0 aliphatic carbocycles. The third-order valence-corrected chi connectivity index (χ3v) is 5.47. The van der Waals surface area contributed by atoms with Gasteiger partial charge in [0.15, 0.2) is 0 Å². The van der Waals surface area contributed by atoms with Crippen LogP contribution in [0.4, 0.5) is 9.18 Å². The first kappa shape index (κ1) is 20.3. The van der Waals surface area contributed by atoms with Crippen LogP contribution in [0.1, 0.15) is 48.9 Å². The van der Waals surface area contributed by atoms with Gasteiger partial charge in [0.25, 0.3) is 0 Å². The van der Waals surface area contributed by atoms with Gasteiger partial charge in [-0.2, -0.15) is 0 Å². The van der Waals surface area contributed by atoms with Crippen LogP contribution in [0.5, 0.6) is 0 Å². The summed E-state index contributed by atoms with van der Waals surface area (Å²) < 4.78 is 19.3. The Morgan fingerprint density at radius 1 is 1.21 bits per heavy atom. The minimum absolute atomic E-state index is 0.00539. The molecule has 1 aliphatic rings. The number of aliphatic hydroxyl groups excluding tert-OH is 2. The Kier molecular flexibility index (Phi) is 6.31. The summed E-state index contributed by atoms with van der Waals surface area (Å²) in [6.07, 6.45) is 1.08. The van der Waals surface area contributed by atoms with Crippen molar-refractivity contribution in [3.8, 4) is 0 Å². The van der Waals surface area contributed by atoms with Crippen molar-refractivity contribution < 1.29 is 24.1 Å². The van der Waals surface area contributed by atoms with Gasteiger partial charge in [-0.15, -0.1) is 0 Å². The fraction of sp³-hybridized carbons (Fsp3) is 0.409. The molecule has 28 heavy (non-hydrogen) atoms. The van der Waals surface area contributed by atoms with E-state index in [2.05, 4.69) is 0 Å². The maximum absolute atomic E-state index is 13.4. The van der Waals surface area contributed by atoms with Gasteiger partial charge in [-0.1, -0.05) is 36.4 Å². The zero-order valence-corrected chi connectivity index (χ0v) is 16.0. The highest BCUT2D eigenvalue weighted by atomic mass is 19.1. The number of rotatable bonds is 7. The molecule has 2 aromatic rings. The summed E-state index contributed by atoms with van der Waals surface area (Å²) in [5.41, 5.74) is 1.59. The number of aliphatic hydroxyl groups is 2. The van der Waals surface area contributed by atoms with E-state index >= 15 is 0 Å². The SMILES string of the molecule is C[C@@H](c1cccc(CO)c1)N1CC[C@](CCCO)(c2ccc(F)cc2)OC1=O. The lowest BCUT2D eigenvalue weighted by Crippen LogP contribution is -2.48. The van der Waals surface area contributed by atoms with Crippen molar-refractivity contribution >= 4 is 6.09 Å². The van der Waals surface area contributed by atoms with E-state index in [1.807, 2.05) is 31.2 Å². The number of amides is 1. The summed E-state index contributed by atoms with van der Waals surface area (Å²) in [5.74, 6) is -0.345. The number of ether oxygens (including phenoxy) is 1. The van der Waals surface area contributed by atoms with Crippen molar-refractivity contribution in [2.24, 2.45) is 0 Å². The zero-order valence-electron chi connectivity index (χ0n) is 16.0. The summed E-state index contributed by atoms with van der Waals surface area (Å²) in [5, 5.41) is 18.6. The standard InChI is InChI=1S/C22H26FNO4/c1-16(18-5-2-4-17(14-18)15-26)24-12-11-22(10-3-13-25,28-21(24)27)19-6-8-20(23)9-7-19/h2,4-9,14,16,25-26H,3,10-13,15H2,1H3/t16-,22+/m0/s1. The molecule has 1 heterocycles. The highest BCUT2D eigenvalue weighted by Crippen LogP contribution is 2.40. The molecular weight excluding hydrogens is 361 g/mol. The maximum atomic E-state index is 13.4. The van der Waals surface area contributed by atoms with Gasteiger partial charge >= 0.3 is 6.09 Å². The fourth-order valence-corrected chi connectivity index (χ4v) is 3.79. The molecule has 0 spiro atoms.